The molecule has 1 aromatic carbocycles. The van der Waals surface area contributed by atoms with Crippen LogP contribution >= 0.6 is 0 Å². The van der Waals surface area contributed by atoms with Crippen molar-refractivity contribution >= 4 is 5.91 Å². The Bertz CT molecular complexity index is 802. The molecule has 5 nitrogen and oxygen atoms in total. The maximum atomic E-state index is 14.3. The predicted molar refractivity (Wildman–Crippen MR) is 92.4 cm³/mol. The Morgan fingerprint density at radius 2 is 2.08 bits per heavy atom. The van der Waals surface area contributed by atoms with Gasteiger partial charge in [-0.15, -0.1) is 0 Å². The van der Waals surface area contributed by atoms with E-state index in [4.69, 9.17) is 5.26 Å². The molecule has 2 aromatic rings. The summed E-state index contributed by atoms with van der Waals surface area (Å²) in [6.07, 6.45) is 3.79. The minimum absolute atomic E-state index is 0.191. The largest absolute Gasteiger partial charge is 0.349 e. The molecule has 1 saturated heterocycles. The molecule has 1 atom stereocenters. The molecule has 0 radical (unpaired) electrons. The first kappa shape index (κ1) is 17.2. The number of aromatic nitrogens is 1. The lowest BCUT2D eigenvalue weighted by Crippen LogP contribution is -2.37. The van der Waals surface area contributed by atoms with Crippen molar-refractivity contribution in [3.8, 4) is 6.07 Å². The molecule has 6 heteroatoms. The number of carbonyl (C=O) groups excluding carboxylic acids is 1. The van der Waals surface area contributed by atoms with Crippen molar-refractivity contribution in [2.75, 3.05) is 19.6 Å². The van der Waals surface area contributed by atoms with E-state index in [0.29, 0.717) is 23.4 Å². The summed E-state index contributed by atoms with van der Waals surface area (Å²) in [5.74, 6) is -0.510. The van der Waals surface area contributed by atoms with Gasteiger partial charge in [-0.25, -0.2) is 4.39 Å². The van der Waals surface area contributed by atoms with Crippen LogP contribution in [-0.4, -0.2) is 35.0 Å². The summed E-state index contributed by atoms with van der Waals surface area (Å²) in [5.41, 5.74) is 1.47. The summed E-state index contributed by atoms with van der Waals surface area (Å²) < 4.78 is 15.9. The van der Waals surface area contributed by atoms with Gasteiger partial charge in [0.1, 0.15) is 17.6 Å². The lowest BCUT2D eigenvalue weighted by Gasteiger charge is -2.28. The number of nitriles is 1. The molecule has 3 rings (SSSR count). The second kappa shape index (κ2) is 7.49. The average Bonchev–Trinajstić information content (AvgIpc) is 3.26. The van der Waals surface area contributed by atoms with Gasteiger partial charge in [0.25, 0.3) is 5.91 Å². The van der Waals surface area contributed by atoms with Crippen molar-refractivity contribution in [2.24, 2.45) is 7.05 Å². The number of aryl methyl sites for hydroxylation is 1. The molecule has 0 aliphatic carbocycles. The minimum Gasteiger partial charge on any atom is -0.349 e. The lowest BCUT2D eigenvalue weighted by atomic mass is 10.0. The van der Waals surface area contributed by atoms with Crippen LogP contribution < -0.4 is 5.32 Å². The van der Waals surface area contributed by atoms with Crippen molar-refractivity contribution < 1.29 is 9.18 Å². The highest BCUT2D eigenvalue weighted by molar-refractivity contribution is 5.93. The Morgan fingerprint density at radius 3 is 2.72 bits per heavy atom. The Balaban J connectivity index is 1.76. The highest BCUT2D eigenvalue weighted by atomic mass is 19.1. The van der Waals surface area contributed by atoms with Gasteiger partial charge < -0.3 is 9.88 Å². The van der Waals surface area contributed by atoms with Crippen molar-refractivity contribution in [3.05, 3.63) is 59.2 Å². The van der Waals surface area contributed by atoms with E-state index in [0.717, 1.165) is 25.9 Å². The molecule has 0 saturated carbocycles. The van der Waals surface area contributed by atoms with Crippen LogP contribution in [0.3, 0.4) is 0 Å². The number of rotatable bonds is 5. The molecule has 1 amide bonds. The van der Waals surface area contributed by atoms with Crippen molar-refractivity contribution in [3.63, 3.8) is 0 Å². The fraction of sp³-hybridized carbons (Fsp3) is 0.368. The molecule has 1 unspecified atom stereocenters. The fourth-order valence-corrected chi connectivity index (χ4v) is 3.37. The zero-order chi connectivity index (χ0) is 17.8. The van der Waals surface area contributed by atoms with Crippen LogP contribution in [0.2, 0.25) is 0 Å². The first-order chi connectivity index (χ1) is 12.1. The standard InChI is InChI=1S/C19H21FN4O/c1-23-13-14(11-21)10-17(23)19(25)22-12-18(24-8-4-5-9-24)15-6-2-3-7-16(15)20/h2-3,6-7,10,13,18H,4-5,8-9,12H2,1H3,(H,22,25). The summed E-state index contributed by atoms with van der Waals surface area (Å²) in [7, 11) is 1.73. The molecule has 1 aromatic heterocycles. The number of benzene rings is 1. The Labute approximate surface area is 146 Å². The molecule has 1 aliphatic heterocycles. The van der Waals surface area contributed by atoms with Gasteiger partial charge in [-0.05, 0) is 38.1 Å². The fourth-order valence-electron chi connectivity index (χ4n) is 3.37. The first-order valence-corrected chi connectivity index (χ1v) is 8.43. The molecule has 2 heterocycles. The highest BCUT2D eigenvalue weighted by Gasteiger charge is 2.26. The highest BCUT2D eigenvalue weighted by Crippen LogP contribution is 2.26. The van der Waals surface area contributed by atoms with Crippen LogP contribution in [0.25, 0.3) is 0 Å². The van der Waals surface area contributed by atoms with E-state index in [1.54, 1.807) is 36.0 Å². The number of likely N-dealkylation sites (tertiary alicyclic amines) is 1. The summed E-state index contributed by atoms with van der Waals surface area (Å²) in [6.45, 7) is 2.13. The van der Waals surface area contributed by atoms with Crippen LogP contribution in [0.5, 0.6) is 0 Å². The number of amides is 1. The molecule has 25 heavy (non-hydrogen) atoms. The average molecular weight is 340 g/mol. The van der Waals surface area contributed by atoms with Crippen LogP contribution in [0.15, 0.2) is 36.5 Å². The quantitative estimate of drug-likeness (QED) is 0.910. The molecule has 0 spiro atoms. The van der Waals surface area contributed by atoms with Crippen molar-refractivity contribution in [2.45, 2.75) is 18.9 Å². The Hall–Kier alpha value is -2.65. The van der Waals surface area contributed by atoms with E-state index in [1.165, 1.54) is 6.07 Å². The molecular formula is C19H21FN4O. The monoisotopic (exact) mass is 340 g/mol. The molecule has 1 N–H and O–H groups in total. The van der Waals surface area contributed by atoms with Gasteiger partial charge in [-0.2, -0.15) is 5.26 Å². The third kappa shape index (κ3) is 3.72. The number of hydrogen-bond acceptors (Lipinski definition) is 3. The smallest absolute Gasteiger partial charge is 0.268 e. The molecular weight excluding hydrogens is 319 g/mol. The van der Waals surface area contributed by atoms with Gasteiger partial charge in [0.15, 0.2) is 0 Å². The number of nitrogens with one attached hydrogen (secondary N) is 1. The van der Waals surface area contributed by atoms with E-state index < -0.39 is 0 Å². The zero-order valence-corrected chi connectivity index (χ0v) is 14.2. The van der Waals surface area contributed by atoms with Crippen LogP contribution in [0.4, 0.5) is 4.39 Å². The second-order valence-corrected chi connectivity index (χ2v) is 6.33. The van der Waals surface area contributed by atoms with Crippen LogP contribution in [0.1, 0.15) is 40.5 Å². The number of nitrogens with zero attached hydrogens (tertiary/aromatic N) is 3. The summed E-state index contributed by atoms with van der Waals surface area (Å²) >= 11 is 0. The van der Waals surface area contributed by atoms with E-state index in [1.807, 2.05) is 12.1 Å². The molecule has 1 fully saturated rings. The number of halogens is 1. The van der Waals surface area contributed by atoms with Crippen LogP contribution in [-0.2, 0) is 7.05 Å². The normalized spacial score (nSPS) is 15.7. The van der Waals surface area contributed by atoms with Crippen molar-refractivity contribution in [1.29, 1.82) is 5.26 Å². The van der Waals surface area contributed by atoms with Crippen LogP contribution in [0, 0.1) is 17.1 Å². The van der Waals surface area contributed by atoms with Gasteiger partial charge in [0.2, 0.25) is 0 Å². The summed E-state index contributed by atoms with van der Waals surface area (Å²) in [6, 6.07) is 10.1. The minimum atomic E-state index is -0.260. The lowest BCUT2D eigenvalue weighted by molar-refractivity contribution is 0.0929. The van der Waals surface area contributed by atoms with Gasteiger partial charge in [-0.3, -0.25) is 9.69 Å². The third-order valence-corrected chi connectivity index (χ3v) is 4.67. The SMILES string of the molecule is Cn1cc(C#N)cc1C(=O)NCC(c1ccccc1F)N1CCCC1. The molecule has 130 valence electrons. The maximum absolute atomic E-state index is 14.3. The second-order valence-electron chi connectivity index (χ2n) is 6.33. The number of hydrogen-bond donors (Lipinski definition) is 1. The van der Waals surface area contributed by atoms with Gasteiger partial charge in [0.05, 0.1) is 11.6 Å². The molecule has 0 bridgehead atoms. The van der Waals surface area contributed by atoms with E-state index in [2.05, 4.69) is 10.2 Å². The Kier molecular flexibility index (Phi) is 5.15. The van der Waals surface area contributed by atoms with Gasteiger partial charge in [-0.1, -0.05) is 18.2 Å². The summed E-state index contributed by atoms with van der Waals surface area (Å²) in [5, 5.41) is 11.9. The van der Waals surface area contributed by atoms with E-state index >= 15 is 0 Å². The zero-order valence-electron chi connectivity index (χ0n) is 14.2. The van der Waals surface area contributed by atoms with E-state index in [-0.39, 0.29) is 17.8 Å². The Morgan fingerprint density at radius 1 is 1.36 bits per heavy atom. The third-order valence-electron chi connectivity index (χ3n) is 4.67. The van der Waals surface area contributed by atoms with Gasteiger partial charge in [0, 0.05) is 25.4 Å². The predicted octanol–water partition coefficient (Wildman–Crippen LogP) is 2.60. The number of carbonyl (C=O) groups is 1. The van der Waals surface area contributed by atoms with E-state index in [9.17, 15) is 9.18 Å². The first-order valence-electron chi connectivity index (χ1n) is 8.43. The van der Waals surface area contributed by atoms with Gasteiger partial charge >= 0.3 is 0 Å². The van der Waals surface area contributed by atoms with Crippen molar-refractivity contribution in [1.82, 2.24) is 14.8 Å². The maximum Gasteiger partial charge on any atom is 0.268 e. The topological polar surface area (TPSA) is 61.1 Å². The molecule has 1 aliphatic rings. The summed E-state index contributed by atoms with van der Waals surface area (Å²) in [4.78, 5) is 14.7.